The number of fused-ring (bicyclic) bond motifs is 1. The van der Waals surface area contributed by atoms with Gasteiger partial charge in [-0.3, -0.25) is 9.59 Å². The van der Waals surface area contributed by atoms with Gasteiger partial charge in [-0.05, 0) is 27.5 Å². The van der Waals surface area contributed by atoms with Crippen LogP contribution in [0.3, 0.4) is 0 Å². The first-order valence-corrected chi connectivity index (χ1v) is 9.99. The fraction of sp³-hybridized carbons (Fsp3) is 0.440. The predicted molar refractivity (Wildman–Crippen MR) is 114 cm³/mol. The van der Waals surface area contributed by atoms with Gasteiger partial charge < -0.3 is 10.2 Å². The van der Waals surface area contributed by atoms with Crippen LogP contribution in [0.25, 0.3) is 0 Å². The number of aliphatic hydroxyl groups is 1. The first-order valence-electron chi connectivity index (χ1n) is 9.99. The number of ketones is 2. The van der Waals surface area contributed by atoms with Crippen molar-refractivity contribution < 1.29 is 19.8 Å². The van der Waals surface area contributed by atoms with Crippen molar-refractivity contribution in [2.45, 2.75) is 64.2 Å². The molecule has 1 unspecified atom stereocenters. The summed E-state index contributed by atoms with van der Waals surface area (Å²) in [6, 6.07) is 10.4. The van der Waals surface area contributed by atoms with Gasteiger partial charge in [0.15, 0.2) is 11.6 Å². The van der Waals surface area contributed by atoms with E-state index in [-0.39, 0.29) is 34.6 Å². The molecule has 2 N–H and O–H groups in total. The zero-order valence-corrected chi connectivity index (χ0v) is 18.1. The van der Waals surface area contributed by atoms with Crippen molar-refractivity contribution in [2.24, 2.45) is 0 Å². The summed E-state index contributed by atoms with van der Waals surface area (Å²) in [5.41, 5.74) is 0.637. The third kappa shape index (κ3) is 3.40. The number of phenolic OH excluding ortho intramolecular Hbond substituents is 1. The first kappa shape index (κ1) is 21.3. The van der Waals surface area contributed by atoms with Crippen LogP contribution >= 0.6 is 0 Å². The summed E-state index contributed by atoms with van der Waals surface area (Å²) >= 11 is 0. The maximum Gasteiger partial charge on any atom is 0.176 e. The van der Waals surface area contributed by atoms with Crippen LogP contribution in [-0.2, 0) is 16.2 Å². The highest BCUT2D eigenvalue weighted by molar-refractivity contribution is 6.19. The molecule has 0 saturated carbocycles. The summed E-state index contributed by atoms with van der Waals surface area (Å²) in [7, 11) is 0. The Morgan fingerprint density at radius 1 is 0.897 bits per heavy atom. The Morgan fingerprint density at radius 2 is 1.38 bits per heavy atom. The largest absolute Gasteiger partial charge is 0.507 e. The second-order valence-electron chi connectivity index (χ2n) is 10.1. The molecule has 0 aliphatic heterocycles. The highest BCUT2D eigenvalue weighted by atomic mass is 16.3. The Hall–Kier alpha value is -2.46. The van der Waals surface area contributed by atoms with Gasteiger partial charge in [-0.1, -0.05) is 77.9 Å². The van der Waals surface area contributed by atoms with Gasteiger partial charge in [-0.25, -0.2) is 0 Å². The molecule has 0 heterocycles. The Labute approximate surface area is 172 Å². The molecule has 0 fully saturated rings. The lowest BCUT2D eigenvalue weighted by atomic mass is 9.64. The number of hydrogen-bond acceptors (Lipinski definition) is 4. The van der Waals surface area contributed by atoms with E-state index < -0.39 is 12.0 Å². The molecule has 4 heteroatoms. The van der Waals surface area contributed by atoms with Crippen molar-refractivity contribution >= 4 is 11.6 Å². The highest BCUT2D eigenvalue weighted by Crippen LogP contribution is 2.45. The monoisotopic (exact) mass is 394 g/mol. The number of phenols is 1. The third-order valence-electron chi connectivity index (χ3n) is 5.92. The van der Waals surface area contributed by atoms with E-state index in [1.54, 1.807) is 36.4 Å². The van der Waals surface area contributed by atoms with E-state index in [0.29, 0.717) is 27.8 Å². The van der Waals surface area contributed by atoms with E-state index in [2.05, 4.69) is 0 Å². The zero-order chi connectivity index (χ0) is 21.8. The van der Waals surface area contributed by atoms with Crippen molar-refractivity contribution in [3.05, 3.63) is 64.2 Å². The second-order valence-corrected chi connectivity index (χ2v) is 10.1. The molecule has 3 rings (SSSR count). The molecular weight excluding hydrogens is 364 g/mol. The fourth-order valence-corrected chi connectivity index (χ4v) is 4.14. The molecule has 0 aromatic heterocycles. The number of rotatable bonds is 2. The van der Waals surface area contributed by atoms with Crippen LogP contribution in [0.1, 0.15) is 85.4 Å². The van der Waals surface area contributed by atoms with Crippen LogP contribution in [0.4, 0.5) is 0 Å². The first-order chi connectivity index (χ1) is 13.3. The van der Waals surface area contributed by atoms with Crippen molar-refractivity contribution in [2.75, 3.05) is 6.61 Å². The second kappa shape index (κ2) is 6.81. The number of hydrogen-bond donors (Lipinski definition) is 2. The van der Waals surface area contributed by atoms with Crippen LogP contribution in [0.2, 0.25) is 0 Å². The van der Waals surface area contributed by atoms with Crippen molar-refractivity contribution in [3.63, 3.8) is 0 Å². The lowest BCUT2D eigenvalue weighted by molar-refractivity contribution is 0.0698. The molecule has 154 valence electrons. The van der Waals surface area contributed by atoms with E-state index in [1.165, 1.54) is 0 Å². The smallest absolute Gasteiger partial charge is 0.176 e. The average Bonchev–Trinajstić information content (AvgIpc) is 2.63. The number of benzene rings is 2. The van der Waals surface area contributed by atoms with Gasteiger partial charge in [0.2, 0.25) is 0 Å². The molecule has 0 saturated heterocycles. The van der Waals surface area contributed by atoms with Crippen LogP contribution in [0.15, 0.2) is 36.4 Å². The van der Waals surface area contributed by atoms with Gasteiger partial charge in [-0.2, -0.15) is 0 Å². The lowest BCUT2D eigenvalue weighted by Gasteiger charge is -2.37. The fourth-order valence-electron chi connectivity index (χ4n) is 4.14. The number of carbonyl (C=O) groups is 2. The van der Waals surface area contributed by atoms with Gasteiger partial charge in [0, 0.05) is 17.5 Å². The summed E-state index contributed by atoms with van der Waals surface area (Å²) in [5.74, 6) is -0.200. The zero-order valence-electron chi connectivity index (χ0n) is 18.1. The van der Waals surface area contributed by atoms with Crippen LogP contribution in [0.5, 0.6) is 5.75 Å². The normalized spacial score (nSPS) is 20.0. The van der Waals surface area contributed by atoms with Gasteiger partial charge in [0.05, 0.1) is 12.0 Å². The van der Waals surface area contributed by atoms with E-state index in [9.17, 15) is 19.8 Å². The Bertz CT molecular complexity index is 954. The van der Waals surface area contributed by atoms with Crippen molar-refractivity contribution in [1.82, 2.24) is 0 Å². The van der Waals surface area contributed by atoms with Crippen molar-refractivity contribution in [3.8, 4) is 5.75 Å². The minimum atomic E-state index is -1.35. The molecule has 4 nitrogen and oxygen atoms in total. The van der Waals surface area contributed by atoms with Crippen molar-refractivity contribution in [1.29, 1.82) is 0 Å². The predicted octanol–water partition coefficient (Wildman–Crippen LogP) is 4.69. The molecule has 2 aromatic carbocycles. The maximum atomic E-state index is 13.5. The van der Waals surface area contributed by atoms with Gasteiger partial charge in [0.25, 0.3) is 0 Å². The van der Waals surface area contributed by atoms with E-state index in [1.807, 2.05) is 41.5 Å². The molecule has 2 aromatic rings. The van der Waals surface area contributed by atoms with Crippen LogP contribution in [-0.4, -0.2) is 28.4 Å². The summed E-state index contributed by atoms with van der Waals surface area (Å²) in [6.07, 6.45) is -0.0860. The average molecular weight is 395 g/mol. The van der Waals surface area contributed by atoms with E-state index in [0.717, 1.165) is 0 Å². The van der Waals surface area contributed by atoms with E-state index in [4.69, 9.17) is 0 Å². The molecule has 29 heavy (non-hydrogen) atoms. The molecular formula is C25H30O4. The third-order valence-corrected chi connectivity index (χ3v) is 5.92. The summed E-state index contributed by atoms with van der Waals surface area (Å²) in [5, 5.41) is 21.4. The number of Topliss-reactive ketones (excluding diaryl/α,β-unsaturated/α-hetero) is 2. The minimum absolute atomic E-state index is 0.0860. The quantitative estimate of drug-likeness (QED) is 0.775. The molecule has 0 amide bonds. The Kier molecular flexibility index (Phi) is 4.99. The molecule has 1 aliphatic rings. The Balaban J connectivity index is 2.34. The molecule has 0 spiro atoms. The highest BCUT2D eigenvalue weighted by Gasteiger charge is 2.48. The number of aliphatic hydroxyl groups excluding tert-OH is 1. The summed E-state index contributed by atoms with van der Waals surface area (Å²) in [4.78, 5) is 26.4. The molecule has 0 radical (unpaired) electrons. The topological polar surface area (TPSA) is 74.6 Å². The molecule has 1 aliphatic carbocycles. The SMILES string of the molecule is CC(C)(C)c1cc(C2(CO)CC(=O)c3ccccc3C2=O)cc(C(C)(C)C)c1O. The van der Waals surface area contributed by atoms with Crippen LogP contribution < -0.4 is 0 Å². The van der Waals surface area contributed by atoms with Gasteiger partial charge >= 0.3 is 0 Å². The number of carbonyl (C=O) groups excluding carboxylic acids is 2. The van der Waals surface area contributed by atoms with E-state index >= 15 is 0 Å². The van der Waals surface area contributed by atoms with Crippen LogP contribution in [0, 0.1) is 0 Å². The van der Waals surface area contributed by atoms with Gasteiger partial charge in [-0.15, -0.1) is 0 Å². The minimum Gasteiger partial charge on any atom is -0.507 e. The summed E-state index contributed by atoms with van der Waals surface area (Å²) < 4.78 is 0. The van der Waals surface area contributed by atoms with Gasteiger partial charge in [0.1, 0.15) is 5.75 Å². The Morgan fingerprint density at radius 3 is 1.83 bits per heavy atom. The number of aromatic hydroxyl groups is 1. The molecule has 1 atom stereocenters. The maximum absolute atomic E-state index is 13.5. The lowest BCUT2D eigenvalue weighted by Crippen LogP contribution is -2.46. The molecule has 0 bridgehead atoms. The standard InChI is InChI=1S/C25H30O4/c1-23(2,3)18-11-15(12-19(21(18)28)24(4,5)6)25(14-26)13-20(27)16-9-7-8-10-17(16)22(25)29/h7-12,26,28H,13-14H2,1-6H3. The summed E-state index contributed by atoms with van der Waals surface area (Å²) in [6.45, 7) is 11.5.